The molecule has 0 saturated heterocycles. The molecule has 0 aliphatic heterocycles. The van der Waals surface area contributed by atoms with Crippen LogP contribution in [0, 0.1) is 0 Å². The highest BCUT2D eigenvalue weighted by atomic mass is 127. The number of halogens is 2. The summed E-state index contributed by atoms with van der Waals surface area (Å²) in [6, 6.07) is 2.07. The van der Waals surface area contributed by atoms with E-state index in [0.717, 1.165) is 12.5 Å². The van der Waals surface area contributed by atoms with Gasteiger partial charge in [0.2, 0.25) is 0 Å². The molecule has 0 bridgehead atoms. The van der Waals surface area contributed by atoms with Crippen molar-refractivity contribution < 1.29 is 0 Å². The monoisotopic (exact) mass is 385 g/mol. The van der Waals surface area contributed by atoms with Gasteiger partial charge in [-0.15, -0.1) is 24.0 Å². The van der Waals surface area contributed by atoms with Gasteiger partial charge < -0.3 is 10.6 Å². The molecule has 0 aliphatic rings. The molecular formula is C11H17ClIN3S. The molecule has 0 spiro atoms. The van der Waals surface area contributed by atoms with Gasteiger partial charge in [-0.05, 0) is 29.3 Å². The van der Waals surface area contributed by atoms with Crippen LogP contribution in [-0.2, 0) is 6.54 Å². The van der Waals surface area contributed by atoms with E-state index in [2.05, 4.69) is 33.7 Å². The van der Waals surface area contributed by atoms with E-state index in [1.165, 1.54) is 5.56 Å². The maximum Gasteiger partial charge on any atom is 0.191 e. The van der Waals surface area contributed by atoms with E-state index in [-0.39, 0.29) is 24.0 Å². The van der Waals surface area contributed by atoms with Crippen LogP contribution in [0.4, 0.5) is 0 Å². The highest BCUT2D eigenvalue weighted by Gasteiger charge is 1.97. The van der Waals surface area contributed by atoms with Gasteiger partial charge in [-0.3, -0.25) is 0 Å². The predicted molar refractivity (Wildman–Crippen MR) is 87.5 cm³/mol. The molecule has 1 aromatic heterocycles. The Morgan fingerprint density at radius 1 is 1.53 bits per heavy atom. The number of nitrogens with one attached hydrogen (secondary N) is 2. The lowest BCUT2D eigenvalue weighted by atomic mass is 10.3. The van der Waals surface area contributed by atoms with Gasteiger partial charge in [-0.25, -0.2) is 4.99 Å². The number of thiophene rings is 1. The molecule has 0 aliphatic carbocycles. The second kappa shape index (κ2) is 9.73. The number of hydrogen-bond donors (Lipinski definition) is 2. The van der Waals surface area contributed by atoms with E-state index in [0.29, 0.717) is 18.1 Å². The van der Waals surface area contributed by atoms with Crippen molar-refractivity contribution in [2.75, 3.05) is 13.1 Å². The fourth-order valence-corrected chi connectivity index (χ4v) is 1.80. The average Bonchev–Trinajstić information content (AvgIpc) is 2.75. The molecule has 0 aromatic carbocycles. The van der Waals surface area contributed by atoms with Crippen molar-refractivity contribution in [2.24, 2.45) is 4.99 Å². The van der Waals surface area contributed by atoms with E-state index in [9.17, 15) is 0 Å². The summed E-state index contributed by atoms with van der Waals surface area (Å²) >= 11 is 7.36. The Morgan fingerprint density at radius 2 is 2.29 bits per heavy atom. The van der Waals surface area contributed by atoms with Gasteiger partial charge in [0.15, 0.2) is 5.96 Å². The molecule has 0 fully saturated rings. The SMILES string of the molecule is C=C(Cl)CNC(=NCc1ccsc1)NCC.I. The average molecular weight is 386 g/mol. The molecule has 1 heterocycles. The van der Waals surface area contributed by atoms with Crippen LogP contribution in [0.1, 0.15) is 12.5 Å². The lowest BCUT2D eigenvalue weighted by molar-refractivity contribution is 0.858. The fraction of sp³-hybridized carbons (Fsp3) is 0.364. The van der Waals surface area contributed by atoms with E-state index >= 15 is 0 Å². The van der Waals surface area contributed by atoms with Gasteiger partial charge in [0.05, 0.1) is 13.1 Å². The highest BCUT2D eigenvalue weighted by molar-refractivity contribution is 14.0. The maximum absolute atomic E-state index is 5.68. The molecule has 3 nitrogen and oxygen atoms in total. The third-order valence-corrected chi connectivity index (χ3v) is 2.66. The van der Waals surface area contributed by atoms with Crippen molar-refractivity contribution in [3.05, 3.63) is 34.0 Å². The minimum atomic E-state index is 0. The molecule has 17 heavy (non-hydrogen) atoms. The zero-order valence-electron chi connectivity index (χ0n) is 9.70. The van der Waals surface area contributed by atoms with E-state index < -0.39 is 0 Å². The molecule has 2 N–H and O–H groups in total. The van der Waals surface area contributed by atoms with Crippen LogP contribution < -0.4 is 10.6 Å². The van der Waals surface area contributed by atoms with Gasteiger partial charge in [-0.1, -0.05) is 18.2 Å². The summed E-state index contributed by atoms with van der Waals surface area (Å²) < 4.78 is 0. The molecule has 96 valence electrons. The summed E-state index contributed by atoms with van der Waals surface area (Å²) in [6.45, 7) is 7.67. The van der Waals surface area contributed by atoms with Crippen LogP contribution in [-0.4, -0.2) is 19.0 Å². The summed E-state index contributed by atoms with van der Waals surface area (Å²) in [7, 11) is 0. The normalized spacial score (nSPS) is 10.6. The number of rotatable bonds is 5. The number of guanidine groups is 1. The largest absolute Gasteiger partial charge is 0.357 e. The Balaban J connectivity index is 0.00000256. The first-order valence-electron chi connectivity index (χ1n) is 5.09. The molecule has 0 unspecified atom stereocenters. The summed E-state index contributed by atoms with van der Waals surface area (Å²) in [5, 5.41) is 10.9. The lowest BCUT2D eigenvalue weighted by Crippen LogP contribution is -2.37. The molecule has 0 amide bonds. The summed E-state index contributed by atoms with van der Waals surface area (Å²) in [5.74, 6) is 0.760. The molecule has 1 rings (SSSR count). The van der Waals surface area contributed by atoms with Crippen molar-refractivity contribution in [1.29, 1.82) is 0 Å². The second-order valence-corrected chi connectivity index (χ2v) is 4.51. The van der Waals surface area contributed by atoms with Crippen molar-refractivity contribution >= 4 is 52.9 Å². The lowest BCUT2D eigenvalue weighted by Gasteiger charge is -2.09. The molecule has 0 radical (unpaired) electrons. The van der Waals surface area contributed by atoms with Crippen LogP contribution in [0.3, 0.4) is 0 Å². The Labute approximate surface area is 128 Å². The third kappa shape index (κ3) is 7.62. The summed E-state index contributed by atoms with van der Waals surface area (Å²) in [5.41, 5.74) is 1.21. The van der Waals surface area contributed by atoms with Gasteiger partial charge in [0, 0.05) is 11.6 Å². The van der Waals surface area contributed by atoms with E-state index in [1.807, 2.05) is 12.3 Å². The number of aliphatic imine (C=N–C) groups is 1. The van der Waals surface area contributed by atoms with Crippen molar-refractivity contribution in [3.63, 3.8) is 0 Å². The van der Waals surface area contributed by atoms with Crippen molar-refractivity contribution in [1.82, 2.24) is 10.6 Å². The van der Waals surface area contributed by atoms with Crippen LogP contribution >= 0.6 is 46.9 Å². The maximum atomic E-state index is 5.68. The summed E-state index contributed by atoms with van der Waals surface area (Å²) in [4.78, 5) is 4.43. The first-order chi connectivity index (χ1) is 7.72. The van der Waals surface area contributed by atoms with E-state index in [4.69, 9.17) is 11.6 Å². The zero-order valence-corrected chi connectivity index (χ0v) is 13.6. The van der Waals surface area contributed by atoms with Crippen molar-refractivity contribution in [2.45, 2.75) is 13.5 Å². The molecule has 0 saturated carbocycles. The molecule has 0 atom stereocenters. The van der Waals surface area contributed by atoms with Crippen LogP contribution in [0.25, 0.3) is 0 Å². The summed E-state index contributed by atoms with van der Waals surface area (Å²) in [6.07, 6.45) is 0. The quantitative estimate of drug-likeness (QED) is 0.464. The van der Waals surface area contributed by atoms with Gasteiger partial charge in [0.25, 0.3) is 0 Å². The fourth-order valence-electron chi connectivity index (χ4n) is 1.07. The number of hydrogen-bond acceptors (Lipinski definition) is 2. The van der Waals surface area contributed by atoms with E-state index in [1.54, 1.807) is 11.3 Å². The first kappa shape index (κ1) is 16.7. The Bertz CT molecular complexity index is 352. The highest BCUT2D eigenvalue weighted by Crippen LogP contribution is 2.06. The van der Waals surface area contributed by atoms with Crippen LogP contribution in [0.15, 0.2) is 33.4 Å². The van der Waals surface area contributed by atoms with Gasteiger partial charge in [0.1, 0.15) is 0 Å². The minimum Gasteiger partial charge on any atom is -0.357 e. The van der Waals surface area contributed by atoms with Gasteiger partial charge >= 0.3 is 0 Å². The Kier molecular flexibility index (Phi) is 9.57. The minimum absolute atomic E-state index is 0. The second-order valence-electron chi connectivity index (χ2n) is 3.20. The standard InChI is InChI=1S/C11H16ClN3S.HI/c1-3-13-11(14-6-9(2)12)15-7-10-4-5-16-8-10;/h4-5,8H,2-3,6-7H2,1H3,(H2,13,14,15);1H. The molecule has 1 aromatic rings. The third-order valence-electron chi connectivity index (χ3n) is 1.79. The van der Waals surface area contributed by atoms with Crippen LogP contribution in [0.5, 0.6) is 0 Å². The smallest absolute Gasteiger partial charge is 0.191 e. The molecular weight excluding hydrogens is 369 g/mol. The zero-order chi connectivity index (χ0) is 11.8. The first-order valence-corrected chi connectivity index (χ1v) is 6.41. The number of nitrogens with zero attached hydrogens (tertiary/aromatic N) is 1. The van der Waals surface area contributed by atoms with Crippen LogP contribution in [0.2, 0.25) is 0 Å². The predicted octanol–water partition coefficient (Wildman–Crippen LogP) is 3.17. The molecule has 6 heteroatoms. The van der Waals surface area contributed by atoms with Gasteiger partial charge in [-0.2, -0.15) is 11.3 Å². The van der Waals surface area contributed by atoms with Crippen molar-refractivity contribution in [3.8, 4) is 0 Å². The topological polar surface area (TPSA) is 36.4 Å². The Hall–Kier alpha value is -0.270. The Morgan fingerprint density at radius 3 is 2.82 bits per heavy atom.